The van der Waals surface area contributed by atoms with E-state index >= 15 is 0 Å². The van der Waals surface area contributed by atoms with E-state index in [2.05, 4.69) is 37.4 Å². The van der Waals surface area contributed by atoms with Crippen LogP contribution < -0.4 is 0 Å². The molecule has 20 heavy (non-hydrogen) atoms. The molecule has 4 saturated carbocycles. The quantitative estimate of drug-likeness (QED) is 0.665. The summed E-state index contributed by atoms with van der Waals surface area (Å²) >= 11 is 7.86. The molecule has 1 nitrogen and oxygen atoms in total. The molecule has 2 atom stereocenters. The Morgan fingerprint density at radius 1 is 1.10 bits per heavy atom. The van der Waals surface area contributed by atoms with E-state index in [-0.39, 0.29) is 0 Å². The third-order valence-corrected chi connectivity index (χ3v) is 8.06. The number of nitrogens with zero attached hydrogens (tertiary/aromatic N) is 1. The zero-order valence-electron chi connectivity index (χ0n) is 13.3. The number of rotatable bonds is 4. The number of thioether (sulfide) groups is 1. The van der Waals surface area contributed by atoms with Gasteiger partial charge in [0.25, 0.3) is 0 Å². The molecular formula is C17H29NS2. The lowest BCUT2D eigenvalue weighted by Gasteiger charge is -2.62. The maximum absolute atomic E-state index is 5.77. The highest BCUT2D eigenvalue weighted by atomic mass is 32.2. The van der Waals surface area contributed by atoms with Crippen LogP contribution in [0.15, 0.2) is 0 Å². The molecule has 0 aromatic carbocycles. The van der Waals surface area contributed by atoms with Crippen molar-refractivity contribution in [3.63, 3.8) is 0 Å². The first kappa shape index (κ1) is 15.1. The largest absolute Gasteiger partial charge is 0.358 e. The van der Waals surface area contributed by atoms with Gasteiger partial charge in [0, 0.05) is 17.8 Å². The Balaban J connectivity index is 1.77. The van der Waals surface area contributed by atoms with E-state index in [4.69, 9.17) is 12.2 Å². The minimum absolute atomic E-state index is 0.500. The summed E-state index contributed by atoms with van der Waals surface area (Å²) in [5.41, 5.74) is 0.677. The molecule has 0 aromatic rings. The fourth-order valence-electron chi connectivity index (χ4n) is 5.63. The van der Waals surface area contributed by atoms with E-state index in [9.17, 15) is 0 Å². The van der Waals surface area contributed by atoms with E-state index < -0.39 is 0 Å². The summed E-state index contributed by atoms with van der Waals surface area (Å²) < 4.78 is 1.67. The predicted octanol–water partition coefficient (Wildman–Crippen LogP) is 5.10. The van der Waals surface area contributed by atoms with E-state index in [1.165, 1.54) is 49.3 Å². The molecule has 0 aliphatic heterocycles. The Morgan fingerprint density at radius 2 is 1.70 bits per heavy atom. The third kappa shape index (κ3) is 2.54. The van der Waals surface area contributed by atoms with Crippen molar-refractivity contribution < 1.29 is 0 Å². The van der Waals surface area contributed by atoms with Gasteiger partial charge in [-0.3, -0.25) is 0 Å². The molecule has 0 aromatic heterocycles. The normalized spacial score (nSPS) is 42.0. The minimum Gasteiger partial charge on any atom is -0.358 e. The van der Waals surface area contributed by atoms with E-state index in [1.54, 1.807) is 0 Å². The zero-order chi connectivity index (χ0) is 14.4. The van der Waals surface area contributed by atoms with Gasteiger partial charge in [-0.15, -0.1) is 0 Å². The summed E-state index contributed by atoms with van der Waals surface area (Å²) in [6.45, 7) is 9.00. The van der Waals surface area contributed by atoms with Crippen molar-refractivity contribution in [2.24, 2.45) is 17.3 Å². The van der Waals surface area contributed by atoms with E-state index in [0.717, 1.165) is 24.9 Å². The SMILES string of the molecule is CCN(CC)C(=S)SC12C[C@H]3C[C@@H](CC(CC)(C3)C1)C2. The van der Waals surface area contributed by atoms with Crippen LogP contribution >= 0.6 is 24.0 Å². The lowest BCUT2D eigenvalue weighted by Crippen LogP contribution is -2.54. The Kier molecular flexibility index (Phi) is 4.14. The van der Waals surface area contributed by atoms with Crippen LogP contribution in [0, 0.1) is 17.3 Å². The van der Waals surface area contributed by atoms with Gasteiger partial charge in [0.2, 0.25) is 0 Å². The molecule has 4 fully saturated rings. The molecule has 4 rings (SSSR count). The molecule has 114 valence electrons. The van der Waals surface area contributed by atoms with Gasteiger partial charge in [-0.25, -0.2) is 0 Å². The average Bonchev–Trinajstić information content (AvgIpc) is 2.38. The lowest BCUT2D eigenvalue weighted by atomic mass is 9.48. The maximum Gasteiger partial charge on any atom is 0.136 e. The molecule has 4 aliphatic rings. The highest BCUT2D eigenvalue weighted by molar-refractivity contribution is 8.23. The monoisotopic (exact) mass is 311 g/mol. The molecule has 0 spiro atoms. The van der Waals surface area contributed by atoms with Crippen molar-refractivity contribution in [3.05, 3.63) is 0 Å². The van der Waals surface area contributed by atoms with Crippen LogP contribution in [0.2, 0.25) is 0 Å². The first-order chi connectivity index (χ1) is 9.53. The molecule has 0 radical (unpaired) electrons. The van der Waals surface area contributed by atoms with Gasteiger partial charge in [-0.05, 0) is 69.6 Å². The molecular weight excluding hydrogens is 282 g/mol. The van der Waals surface area contributed by atoms with Crippen molar-refractivity contribution in [2.75, 3.05) is 13.1 Å². The molecule has 0 N–H and O–H groups in total. The second-order valence-electron chi connectivity index (χ2n) is 7.54. The van der Waals surface area contributed by atoms with Gasteiger partial charge >= 0.3 is 0 Å². The number of hydrogen-bond donors (Lipinski definition) is 0. The fourth-order valence-corrected chi connectivity index (χ4v) is 8.19. The Morgan fingerprint density at radius 3 is 2.20 bits per heavy atom. The van der Waals surface area contributed by atoms with Crippen molar-refractivity contribution in [2.45, 2.75) is 70.5 Å². The molecule has 0 saturated heterocycles. The van der Waals surface area contributed by atoms with E-state index in [0.29, 0.717) is 10.2 Å². The lowest BCUT2D eigenvalue weighted by molar-refractivity contribution is -0.0390. The topological polar surface area (TPSA) is 3.24 Å². The van der Waals surface area contributed by atoms with Crippen LogP contribution in [0.25, 0.3) is 0 Å². The van der Waals surface area contributed by atoms with Crippen LogP contribution in [0.5, 0.6) is 0 Å². The molecule has 4 bridgehead atoms. The van der Waals surface area contributed by atoms with Gasteiger partial charge in [0.05, 0.1) is 0 Å². The van der Waals surface area contributed by atoms with Crippen molar-refractivity contribution in [1.82, 2.24) is 4.90 Å². The maximum atomic E-state index is 5.77. The summed E-state index contributed by atoms with van der Waals surface area (Å²) in [6.07, 6.45) is 10.3. The third-order valence-electron chi connectivity index (χ3n) is 6.20. The van der Waals surface area contributed by atoms with Crippen molar-refractivity contribution in [3.8, 4) is 0 Å². The molecule has 0 heterocycles. The fraction of sp³-hybridized carbons (Fsp3) is 0.941. The minimum atomic E-state index is 0.500. The summed E-state index contributed by atoms with van der Waals surface area (Å²) in [7, 11) is 0. The first-order valence-corrected chi connectivity index (χ1v) is 9.74. The first-order valence-electron chi connectivity index (χ1n) is 8.51. The Labute approximate surface area is 134 Å². The van der Waals surface area contributed by atoms with Crippen LogP contribution in [0.4, 0.5) is 0 Å². The van der Waals surface area contributed by atoms with E-state index in [1.807, 2.05) is 0 Å². The zero-order valence-corrected chi connectivity index (χ0v) is 14.9. The molecule has 0 amide bonds. The smallest absolute Gasteiger partial charge is 0.136 e. The second kappa shape index (κ2) is 5.46. The van der Waals surface area contributed by atoms with Crippen LogP contribution in [0.3, 0.4) is 0 Å². The highest BCUT2D eigenvalue weighted by Gasteiger charge is 2.57. The summed E-state index contributed by atoms with van der Waals surface area (Å²) in [6, 6.07) is 0. The second-order valence-corrected chi connectivity index (χ2v) is 9.64. The van der Waals surface area contributed by atoms with Gasteiger partial charge < -0.3 is 4.90 Å². The highest BCUT2D eigenvalue weighted by Crippen LogP contribution is 2.66. The van der Waals surface area contributed by atoms with Crippen molar-refractivity contribution >= 4 is 28.3 Å². The summed E-state index contributed by atoms with van der Waals surface area (Å²) in [5.74, 6) is 2.01. The summed E-state index contributed by atoms with van der Waals surface area (Å²) in [4.78, 5) is 2.37. The van der Waals surface area contributed by atoms with Crippen LogP contribution in [-0.4, -0.2) is 27.1 Å². The number of hydrogen-bond acceptors (Lipinski definition) is 2. The standard InChI is InChI=1S/C17H29NS2/c1-4-16-8-13-7-14(9-16)11-17(10-13,12-16)20-15(19)18(5-2)6-3/h13-14H,4-12H2,1-3H3/t13-,14-,16?,17?/m0/s1. The average molecular weight is 312 g/mol. The van der Waals surface area contributed by atoms with Crippen LogP contribution in [-0.2, 0) is 0 Å². The molecule has 4 aliphatic carbocycles. The Bertz CT molecular complexity index is 374. The summed E-state index contributed by atoms with van der Waals surface area (Å²) in [5, 5.41) is 0. The molecule has 3 heteroatoms. The van der Waals surface area contributed by atoms with Gasteiger partial charge in [-0.2, -0.15) is 0 Å². The van der Waals surface area contributed by atoms with Gasteiger partial charge in [-0.1, -0.05) is 37.3 Å². The van der Waals surface area contributed by atoms with Crippen LogP contribution in [0.1, 0.15) is 65.7 Å². The van der Waals surface area contributed by atoms with Crippen molar-refractivity contribution in [1.29, 1.82) is 0 Å². The van der Waals surface area contributed by atoms with Gasteiger partial charge in [0.1, 0.15) is 4.32 Å². The van der Waals surface area contributed by atoms with Gasteiger partial charge in [0.15, 0.2) is 0 Å². The number of thiocarbonyl (C=S) groups is 1. The Hall–Kier alpha value is 0.240. The predicted molar refractivity (Wildman–Crippen MR) is 93.2 cm³/mol. The molecule has 0 unspecified atom stereocenters.